The number of halogens is 1. The third-order valence-corrected chi connectivity index (χ3v) is 2.63. The van der Waals surface area contributed by atoms with Gasteiger partial charge in [0.1, 0.15) is 6.61 Å². The van der Waals surface area contributed by atoms with Gasteiger partial charge in [-0.1, -0.05) is 13.8 Å². The van der Waals surface area contributed by atoms with Gasteiger partial charge in [0, 0.05) is 18.3 Å². The van der Waals surface area contributed by atoms with Gasteiger partial charge in [0.2, 0.25) is 5.88 Å². The molecule has 0 aliphatic rings. The highest BCUT2D eigenvalue weighted by Gasteiger charge is 2.01. The second-order valence-corrected chi connectivity index (χ2v) is 4.00. The zero-order valence-corrected chi connectivity index (χ0v) is 12.0. The molecule has 0 unspecified atom stereocenters. The first-order valence-corrected chi connectivity index (χ1v) is 5.96. The normalized spacial score (nSPS) is 10.2. The molecule has 0 saturated carbocycles. The van der Waals surface area contributed by atoms with Crippen molar-refractivity contribution in [1.29, 1.82) is 0 Å². The van der Waals surface area contributed by atoms with Crippen LogP contribution < -0.4 is 4.74 Å². The summed E-state index contributed by atoms with van der Waals surface area (Å²) in [4.78, 5) is 6.68. The van der Waals surface area contributed by atoms with E-state index in [-0.39, 0.29) is 12.4 Å². The summed E-state index contributed by atoms with van der Waals surface area (Å²) in [6.07, 6.45) is 0. The third-order valence-electron chi connectivity index (χ3n) is 2.63. The van der Waals surface area contributed by atoms with Crippen LogP contribution >= 0.6 is 12.4 Å². The summed E-state index contributed by atoms with van der Waals surface area (Å²) in [7, 11) is 0. The smallest absolute Gasteiger partial charge is 0.213 e. The fraction of sp³-hybridized carbons (Fsp3) is 0.615. The average molecular weight is 259 g/mol. The van der Waals surface area contributed by atoms with E-state index in [9.17, 15) is 0 Å². The Labute approximate surface area is 111 Å². The first-order valence-electron chi connectivity index (χ1n) is 5.96. The van der Waals surface area contributed by atoms with Crippen LogP contribution in [-0.4, -0.2) is 36.1 Å². The Kier molecular flexibility index (Phi) is 7.92. The second-order valence-electron chi connectivity index (χ2n) is 4.00. The van der Waals surface area contributed by atoms with Crippen LogP contribution in [0.4, 0.5) is 0 Å². The van der Waals surface area contributed by atoms with E-state index in [1.807, 2.05) is 13.0 Å². The van der Waals surface area contributed by atoms with Gasteiger partial charge in [0.25, 0.3) is 0 Å². The molecule has 0 atom stereocenters. The Balaban J connectivity index is 0.00000256. The van der Waals surface area contributed by atoms with Crippen molar-refractivity contribution < 1.29 is 4.74 Å². The Morgan fingerprint density at radius 3 is 2.35 bits per heavy atom. The number of aromatic nitrogens is 1. The number of hydrogen-bond donors (Lipinski definition) is 0. The lowest BCUT2D eigenvalue weighted by atomic mass is 10.2. The van der Waals surface area contributed by atoms with Gasteiger partial charge in [-0.25, -0.2) is 4.98 Å². The van der Waals surface area contributed by atoms with Gasteiger partial charge < -0.3 is 9.64 Å². The summed E-state index contributed by atoms with van der Waals surface area (Å²) in [6.45, 7) is 12.2. The quantitative estimate of drug-likeness (QED) is 0.785. The van der Waals surface area contributed by atoms with Crippen LogP contribution in [0.5, 0.6) is 5.88 Å². The van der Waals surface area contributed by atoms with Gasteiger partial charge in [-0.3, -0.25) is 0 Å². The lowest BCUT2D eigenvalue weighted by Gasteiger charge is -2.17. The van der Waals surface area contributed by atoms with Crippen LogP contribution in [0.2, 0.25) is 0 Å². The molecule has 17 heavy (non-hydrogen) atoms. The molecule has 3 nitrogen and oxygen atoms in total. The topological polar surface area (TPSA) is 25.4 Å². The number of ether oxygens (including phenoxy) is 1. The van der Waals surface area contributed by atoms with Crippen LogP contribution in [0.15, 0.2) is 12.1 Å². The number of nitrogens with zero attached hydrogens (tertiary/aromatic N) is 2. The molecule has 0 N–H and O–H groups in total. The van der Waals surface area contributed by atoms with E-state index in [4.69, 9.17) is 4.74 Å². The van der Waals surface area contributed by atoms with Gasteiger partial charge in [0.15, 0.2) is 0 Å². The summed E-state index contributed by atoms with van der Waals surface area (Å²) in [5.74, 6) is 0.740. The number of rotatable bonds is 6. The van der Waals surface area contributed by atoms with Crippen molar-refractivity contribution in [1.82, 2.24) is 9.88 Å². The third kappa shape index (κ3) is 5.89. The van der Waals surface area contributed by atoms with Crippen molar-refractivity contribution in [3.8, 4) is 5.88 Å². The minimum Gasteiger partial charge on any atom is -0.476 e. The summed E-state index contributed by atoms with van der Waals surface area (Å²) in [5.41, 5.74) is 2.21. The predicted molar refractivity (Wildman–Crippen MR) is 74.2 cm³/mol. The molecule has 0 aliphatic heterocycles. The highest BCUT2D eigenvalue weighted by atomic mass is 35.5. The van der Waals surface area contributed by atoms with Gasteiger partial charge in [-0.05, 0) is 38.6 Å². The highest BCUT2D eigenvalue weighted by molar-refractivity contribution is 5.85. The first kappa shape index (κ1) is 16.2. The van der Waals surface area contributed by atoms with Crippen molar-refractivity contribution >= 4 is 12.4 Å². The summed E-state index contributed by atoms with van der Waals surface area (Å²) in [5, 5.41) is 0. The molecule has 4 heteroatoms. The second kappa shape index (κ2) is 8.31. The molecule has 0 saturated heterocycles. The van der Waals surface area contributed by atoms with E-state index < -0.39 is 0 Å². The molecule has 0 aromatic carbocycles. The number of likely N-dealkylation sites (N-methyl/N-ethyl adjacent to an activating group) is 1. The molecule has 1 aromatic heterocycles. The summed E-state index contributed by atoms with van der Waals surface area (Å²) in [6, 6.07) is 4.03. The maximum atomic E-state index is 5.65. The molecular formula is C13H23ClN2O. The van der Waals surface area contributed by atoms with Crippen molar-refractivity contribution in [3.63, 3.8) is 0 Å². The monoisotopic (exact) mass is 258 g/mol. The molecule has 0 amide bonds. The van der Waals surface area contributed by atoms with Crippen LogP contribution in [0.25, 0.3) is 0 Å². The van der Waals surface area contributed by atoms with Gasteiger partial charge >= 0.3 is 0 Å². The zero-order valence-electron chi connectivity index (χ0n) is 11.2. The zero-order chi connectivity index (χ0) is 12.0. The van der Waals surface area contributed by atoms with E-state index in [0.717, 1.165) is 31.2 Å². The average Bonchev–Trinajstić information content (AvgIpc) is 2.23. The summed E-state index contributed by atoms with van der Waals surface area (Å²) >= 11 is 0. The van der Waals surface area contributed by atoms with Gasteiger partial charge in [-0.2, -0.15) is 0 Å². The molecule has 0 fully saturated rings. The molecule has 1 aromatic rings. The molecule has 98 valence electrons. The fourth-order valence-electron chi connectivity index (χ4n) is 1.70. The van der Waals surface area contributed by atoms with Crippen molar-refractivity contribution in [3.05, 3.63) is 23.4 Å². The lowest BCUT2D eigenvalue weighted by Crippen LogP contribution is -2.28. The van der Waals surface area contributed by atoms with Crippen LogP contribution in [0, 0.1) is 13.8 Å². The van der Waals surface area contributed by atoms with E-state index in [2.05, 4.69) is 36.7 Å². The van der Waals surface area contributed by atoms with Gasteiger partial charge in [-0.15, -0.1) is 12.4 Å². The van der Waals surface area contributed by atoms with Crippen molar-refractivity contribution in [2.24, 2.45) is 0 Å². The van der Waals surface area contributed by atoms with E-state index in [0.29, 0.717) is 6.61 Å². The molecule has 1 rings (SSSR count). The molecule has 0 radical (unpaired) electrons. The maximum absolute atomic E-state index is 5.65. The minimum absolute atomic E-state index is 0. The SMILES string of the molecule is CCN(CC)CCOc1cc(C)cc(C)n1.Cl. The molecule has 1 heterocycles. The maximum Gasteiger partial charge on any atom is 0.213 e. The number of pyridine rings is 1. The lowest BCUT2D eigenvalue weighted by molar-refractivity contribution is 0.217. The van der Waals surface area contributed by atoms with E-state index in [1.165, 1.54) is 5.56 Å². The Morgan fingerprint density at radius 2 is 1.82 bits per heavy atom. The molecule has 0 spiro atoms. The van der Waals surface area contributed by atoms with E-state index >= 15 is 0 Å². The van der Waals surface area contributed by atoms with E-state index in [1.54, 1.807) is 0 Å². The first-order chi connectivity index (χ1) is 7.65. The van der Waals surface area contributed by atoms with Crippen LogP contribution in [-0.2, 0) is 0 Å². The van der Waals surface area contributed by atoms with Gasteiger partial charge in [0.05, 0.1) is 0 Å². The molecular weight excluding hydrogens is 236 g/mol. The van der Waals surface area contributed by atoms with Crippen molar-refractivity contribution in [2.75, 3.05) is 26.2 Å². The predicted octanol–water partition coefficient (Wildman–Crippen LogP) is 2.84. The highest BCUT2D eigenvalue weighted by Crippen LogP contribution is 2.11. The largest absolute Gasteiger partial charge is 0.476 e. The Morgan fingerprint density at radius 1 is 1.18 bits per heavy atom. The molecule has 0 aliphatic carbocycles. The fourth-order valence-corrected chi connectivity index (χ4v) is 1.70. The number of aryl methyl sites for hydroxylation is 2. The minimum atomic E-state index is 0. The van der Waals surface area contributed by atoms with Crippen LogP contribution in [0.1, 0.15) is 25.1 Å². The summed E-state index contributed by atoms with van der Waals surface area (Å²) < 4.78 is 5.65. The Bertz CT molecular complexity index is 307. The standard InChI is InChI=1S/C13H22N2O.ClH/c1-5-15(6-2)7-8-16-13-10-11(3)9-12(4)14-13;/h9-10H,5-8H2,1-4H3;1H. The Hall–Kier alpha value is -0.800. The molecule has 0 bridgehead atoms. The number of hydrogen-bond acceptors (Lipinski definition) is 3. The van der Waals surface area contributed by atoms with Crippen LogP contribution in [0.3, 0.4) is 0 Å². The van der Waals surface area contributed by atoms with Crippen molar-refractivity contribution in [2.45, 2.75) is 27.7 Å².